The summed E-state index contributed by atoms with van der Waals surface area (Å²) in [6.07, 6.45) is 0. The van der Waals surface area contributed by atoms with Crippen molar-refractivity contribution in [1.82, 2.24) is 4.98 Å². The Labute approximate surface area is 124 Å². The third-order valence-corrected chi connectivity index (χ3v) is 6.53. The SMILES string of the molecule is Cc1nc(CS(=O)(=O)c2ccc(N)cc2Br)sc1C. The van der Waals surface area contributed by atoms with Crippen LogP contribution >= 0.6 is 27.3 Å². The molecule has 0 bridgehead atoms. The van der Waals surface area contributed by atoms with Gasteiger partial charge in [-0.3, -0.25) is 0 Å². The fourth-order valence-corrected chi connectivity index (χ4v) is 5.35. The summed E-state index contributed by atoms with van der Waals surface area (Å²) in [6.45, 7) is 3.81. The van der Waals surface area contributed by atoms with Crippen molar-refractivity contribution in [1.29, 1.82) is 0 Å². The van der Waals surface area contributed by atoms with Crippen molar-refractivity contribution in [3.8, 4) is 0 Å². The number of thiazole rings is 1. The highest BCUT2D eigenvalue weighted by Crippen LogP contribution is 2.28. The summed E-state index contributed by atoms with van der Waals surface area (Å²) < 4.78 is 25.2. The van der Waals surface area contributed by atoms with Crippen LogP contribution in [0.2, 0.25) is 0 Å². The van der Waals surface area contributed by atoms with E-state index in [9.17, 15) is 8.42 Å². The molecule has 1 aromatic carbocycles. The van der Waals surface area contributed by atoms with Gasteiger partial charge < -0.3 is 5.73 Å². The van der Waals surface area contributed by atoms with E-state index >= 15 is 0 Å². The molecule has 0 aliphatic rings. The van der Waals surface area contributed by atoms with Crippen LogP contribution in [0.25, 0.3) is 0 Å². The third kappa shape index (κ3) is 3.16. The number of aryl methyl sites for hydroxylation is 2. The van der Waals surface area contributed by atoms with Crippen LogP contribution < -0.4 is 5.73 Å². The van der Waals surface area contributed by atoms with E-state index in [0.717, 1.165) is 10.6 Å². The molecule has 0 aliphatic heterocycles. The first-order valence-corrected chi connectivity index (χ1v) is 8.76. The lowest BCUT2D eigenvalue weighted by molar-refractivity contribution is 0.594. The highest BCUT2D eigenvalue weighted by atomic mass is 79.9. The molecule has 2 rings (SSSR count). The van der Waals surface area contributed by atoms with Crippen LogP contribution in [-0.2, 0) is 15.6 Å². The second-order valence-electron chi connectivity index (χ2n) is 4.20. The summed E-state index contributed by atoms with van der Waals surface area (Å²) in [7, 11) is -3.42. The van der Waals surface area contributed by atoms with Crippen molar-refractivity contribution < 1.29 is 8.42 Å². The maximum atomic E-state index is 12.4. The van der Waals surface area contributed by atoms with Gasteiger partial charge in [0.05, 0.1) is 10.6 Å². The molecule has 0 fully saturated rings. The van der Waals surface area contributed by atoms with Crippen molar-refractivity contribution in [2.45, 2.75) is 24.5 Å². The summed E-state index contributed by atoms with van der Waals surface area (Å²) in [5.41, 5.74) is 7.01. The summed E-state index contributed by atoms with van der Waals surface area (Å²) in [5.74, 6) is -0.0884. The quantitative estimate of drug-likeness (QED) is 0.853. The first-order chi connectivity index (χ1) is 8.79. The Morgan fingerprint density at radius 2 is 2.05 bits per heavy atom. The van der Waals surface area contributed by atoms with E-state index in [1.165, 1.54) is 17.4 Å². The maximum Gasteiger partial charge on any atom is 0.186 e. The zero-order valence-electron chi connectivity index (χ0n) is 10.5. The summed E-state index contributed by atoms with van der Waals surface area (Å²) in [6, 6.07) is 4.68. The van der Waals surface area contributed by atoms with Crippen molar-refractivity contribution in [3.63, 3.8) is 0 Å². The van der Waals surface area contributed by atoms with Gasteiger partial charge in [-0.05, 0) is 48.0 Å². The zero-order chi connectivity index (χ0) is 14.2. The number of benzene rings is 1. The number of rotatable bonds is 3. The van der Waals surface area contributed by atoms with Gasteiger partial charge in [-0.1, -0.05) is 0 Å². The molecule has 19 heavy (non-hydrogen) atoms. The number of halogens is 1. The summed E-state index contributed by atoms with van der Waals surface area (Å²) in [5, 5.41) is 0.610. The van der Waals surface area contributed by atoms with Gasteiger partial charge in [0.2, 0.25) is 0 Å². The monoisotopic (exact) mass is 360 g/mol. The van der Waals surface area contributed by atoms with Crippen molar-refractivity contribution in [3.05, 3.63) is 38.3 Å². The molecular weight excluding hydrogens is 348 g/mol. The van der Waals surface area contributed by atoms with Crippen LogP contribution in [0.1, 0.15) is 15.6 Å². The van der Waals surface area contributed by atoms with Crippen LogP contribution in [0.5, 0.6) is 0 Å². The molecule has 0 spiro atoms. The Bertz CT molecular complexity index is 704. The summed E-state index contributed by atoms with van der Waals surface area (Å²) >= 11 is 4.65. The number of nitrogens with two attached hydrogens (primary N) is 1. The highest BCUT2D eigenvalue weighted by Gasteiger charge is 2.20. The number of nitrogens with zero attached hydrogens (tertiary/aromatic N) is 1. The van der Waals surface area contributed by atoms with E-state index in [2.05, 4.69) is 20.9 Å². The molecule has 2 aromatic rings. The smallest absolute Gasteiger partial charge is 0.186 e. The maximum absolute atomic E-state index is 12.4. The van der Waals surface area contributed by atoms with Crippen LogP contribution in [0, 0.1) is 13.8 Å². The van der Waals surface area contributed by atoms with Gasteiger partial charge in [-0.25, -0.2) is 13.4 Å². The van der Waals surface area contributed by atoms with E-state index < -0.39 is 9.84 Å². The van der Waals surface area contributed by atoms with Crippen molar-refractivity contribution in [2.75, 3.05) is 5.73 Å². The van der Waals surface area contributed by atoms with Gasteiger partial charge in [0.25, 0.3) is 0 Å². The van der Waals surface area contributed by atoms with E-state index in [1.54, 1.807) is 12.1 Å². The van der Waals surface area contributed by atoms with Gasteiger partial charge in [-0.15, -0.1) is 11.3 Å². The van der Waals surface area contributed by atoms with Gasteiger partial charge in [0.1, 0.15) is 10.8 Å². The molecule has 2 N–H and O–H groups in total. The minimum atomic E-state index is -3.42. The lowest BCUT2D eigenvalue weighted by atomic mass is 10.3. The molecule has 0 saturated heterocycles. The van der Waals surface area contributed by atoms with Gasteiger partial charge in [0, 0.05) is 15.0 Å². The zero-order valence-corrected chi connectivity index (χ0v) is 13.7. The average Bonchev–Trinajstić information content (AvgIpc) is 2.56. The Kier molecular flexibility index (Phi) is 3.98. The predicted octanol–water partition coefficient (Wildman–Crippen LogP) is 3.08. The van der Waals surface area contributed by atoms with E-state index in [4.69, 9.17) is 5.73 Å². The molecule has 102 valence electrons. The Hall–Kier alpha value is -0.920. The largest absolute Gasteiger partial charge is 0.399 e. The number of aromatic nitrogens is 1. The second kappa shape index (κ2) is 5.22. The van der Waals surface area contributed by atoms with E-state index in [-0.39, 0.29) is 10.6 Å². The standard InChI is InChI=1S/C12H13BrN2O2S2/c1-7-8(2)18-12(15-7)6-19(16,17)11-4-3-9(14)5-10(11)13/h3-5H,6,14H2,1-2H3. The van der Waals surface area contributed by atoms with Crippen molar-refractivity contribution in [2.24, 2.45) is 0 Å². The molecule has 1 aromatic heterocycles. The highest BCUT2D eigenvalue weighted by molar-refractivity contribution is 9.10. The average molecular weight is 361 g/mol. The van der Waals surface area contributed by atoms with Gasteiger partial charge in [-0.2, -0.15) is 0 Å². The van der Waals surface area contributed by atoms with E-state index in [1.807, 2.05) is 13.8 Å². The molecule has 0 saturated carbocycles. The molecule has 0 amide bonds. The van der Waals surface area contributed by atoms with Gasteiger partial charge in [0.15, 0.2) is 9.84 Å². The topological polar surface area (TPSA) is 73.0 Å². The van der Waals surface area contributed by atoms with E-state index in [0.29, 0.717) is 15.2 Å². The Morgan fingerprint density at radius 3 is 2.58 bits per heavy atom. The molecule has 0 aliphatic carbocycles. The van der Waals surface area contributed by atoms with Crippen molar-refractivity contribution >= 4 is 42.8 Å². The Balaban J connectivity index is 2.37. The first-order valence-electron chi connectivity index (χ1n) is 5.50. The lowest BCUT2D eigenvalue weighted by Gasteiger charge is -2.05. The molecule has 4 nitrogen and oxygen atoms in total. The number of hydrogen-bond donors (Lipinski definition) is 1. The van der Waals surface area contributed by atoms with Crippen LogP contribution in [0.3, 0.4) is 0 Å². The predicted molar refractivity (Wildman–Crippen MR) is 81.0 cm³/mol. The Morgan fingerprint density at radius 1 is 1.37 bits per heavy atom. The summed E-state index contributed by atoms with van der Waals surface area (Å²) in [4.78, 5) is 5.55. The number of anilines is 1. The molecule has 0 radical (unpaired) electrons. The van der Waals surface area contributed by atoms with Gasteiger partial charge >= 0.3 is 0 Å². The second-order valence-corrected chi connectivity index (χ2v) is 8.30. The molecule has 1 heterocycles. The lowest BCUT2D eigenvalue weighted by Crippen LogP contribution is -2.06. The minimum absolute atomic E-state index is 0.0884. The normalized spacial score (nSPS) is 11.7. The molecular formula is C12H13BrN2O2S2. The molecule has 7 heteroatoms. The molecule has 0 unspecified atom stereocenters. The van der Waals surface area contributed by atoms with Crippen LogP contribution in [0.4, 0.5) is 5.69 Å². The fourth-order valence-electron chi connectivity index (χ4n) is 1.61. The number of hydrogen-bond acceptors (Lipinski definition) is 5. The molecule has 0 atom stereocenters. The number of sulfone groups is 1. The number of nitrogen functional groups attached to an aromatic ring is 1. The first kappa shape index (κ1) is 14.5. The fraction of sp³-hybridized carbons (Fsp3) is 0.250. The minimum Gasteiger partial charge on any atom is -0.399 e. The third-order valence-electron chi connectivity index (χ3n) is 2.68. The van der Waals surface area contributed by atoms with Crippen LogP contribution in [-0.4, -0.2) is 13.4 Å². The van der Waals surface area contributed by atoms with Crippen LogP contribution in [0.15, 0.2) is 27.6 Å².